The molecular formula is C20H18FN3O3S. The van der Waals surface area contributed by atoms with Crippen molar-refractivity contribution in [3.63, 3.8) is 0 Å². The summed E-state index contributed by atoms with van der Waals surface area (Å²) in [7, 11) is 0. The molecule has 0 amide bonds. The van der Waals surface area contributed by atoms with Gasteiger partial charge < -0.3 is 9.47 Å². The Morgan fingerprint density at radius 3 is 2.86 bits per heavy atom. The number of carbonyl (C=O) groups excluding carboxylic acids is 1. The Morgan fingerprint density at radius 2 is 2.07 bits per heavy atom. The third kappa shape index (κ3) is 5.37. The van der Waals surface area contributed by atoms with Gasteiger partial charge in [-0.3, -0.25) is 10.2 Å². The Balaban J connectivity index is 1.62. The maximum Gasteiger partial charge on any atom is 0.311 e. The molecule has 0 bridgehead atoms. The molecule has 3 aromatic rings. The van der Waals surface area contributed by atoms with E-state index in [1.54, 1.807) is 42.6 Å². The number of benzene rings is 2. The fourth-order valence-corrected chi connectivity index (χ4v) is 2.94. The smallest absolute Gasteiger partial charge is 0.311 e. The van der Waals surface area contributed by atoms with Gasteiger partial charge in [0.2, 0.25) is 5.13 Å². The van der Waals surface area contributed by atoms with Crippen molar-refractivity contribution < 1.29 is 18.7 Å². The third-order valence-electron chi connectivity index (χ3n) is 3.51. The molecule has 0 atom stereocenters. The molecular weight excluding hydrogens is 381 g/mol. The summed E-state index contributed by atoms with van der Waals surface area (Å²) in [5.41, 5.74) is 3.59. The highest BCUT2D eigenvalue weighted by molar-refractivity contribution is 7.13. The van der Waals surface area contributed by atoms with E-state index >= 15 is 0 Å². The monoisotopic (exact) mass is 399 g/mol. The first kappa shape index (κ1) is 19.5. The average molecular weight is 399 g/mol. The largest absolute Gasteiger partial charge is 0.466 e. The lowest BCUT2D eigenvalue weighted by Crippen LogP contribution is -2.07. The van der Waals surface area contributed by atoms with Crippen LogP contribution in [0.5, 0.6) is 11.5 Å². The van der Waals surface area contributed by atoms with Crippen molar-refractivity contribution in [3.05, 3.63) is 71.0 Å². The van der Waals surface area contributed by atoms with E-state index in [0.29, 0.717) is 23.2 Å². The van der Waals surface area contributed by atoms with Crippen LogP contribution >= 0.6 is 11.3 Å². The molecule has 1 aromatic heterocycles. The van der Waals surface area contributed by atoms with Crippen LogP contribution < -0.4 is 10.2 Å². The number of thiazole rings is 1. The number of hydrazone groups is 1. The second-order valence-corrected chi connectivity index (χ2v) is 6.43. The lowest BCUT2D eigenvalue weighted by molar-refractivity contribution is -0.142. The lowest BCUT2D eigenvalue weighted by Gasteiger charge is -2.07. The van der Waals surface area contributed by atoms with Crippen LogP contribution in [0.3, 0.4) is 0 Å². The number of rotatable bonds is 8. The normalized spacial score (nSPS) is 10.8. The van der Waals surface area contributed by atoms with Crippen molar-refractivity contribution in [2.45, 2.75) is 13.3 Å². The van der Waals surface area contributed by atoms with Gasteiger partial charge in [-0.1, -0.05) is 30.3 Å². The second kappa shape index (κ2) is 9.61. The van der Waals surface area contributed by atoms with Gasteiger partial charge in [-0.2, -0.15) is 5.10 Å². The van der Waals surface area contributed by atoms with Crippen molar-refractivity contribution in [1.29, 1.82) is 0 Å². The minimum atomic E-state index is -0.515. The molecule has 0 saturated carbocycles. The molecule has 6 nitrogen and oxygen atoms in total. The van der Waals surface area contributed by atoms with Crippen molar-refractivity contribution >= 4 is 28.7 Å². The van der Waals surface area contributed by atoms with Crippen molar-refractivity contribution in [1.82, 2.24) is 4.98 Å². The fraction of sp³-hybridized carbons (Fsp3) is 0.150. The Kier molecular flexibility index (Phi) is 6.69. The molecule has 0 fully saturated rings. The lowest BCUT2D eigenvalue weighted by atomic mass is 10.2. The first-order chi connectivity index (χ1) is 13.7. The maximum absolute atomic E-state index is 14.6. The first-order valence-electron chi connectivity index (χ1n) is 8.56. The van der Waals surface area contributed by atoms with Crippen molar-refractivity contribution in [2.75, 3.05) is 12.0 Å². The zero-order valence-corrected chi connectivity index (χ0v) is 15.9. The minimum absolute atomic E-state index is 0.100. The molecule has 0 aliphatic heterocycles. The number of hydrogen-bond donors (Lipinski definition) is 1. The van der Waals surface area contributed by atoms with Gasteiger partial charge in [0.15, 0.2) is 11.6 Å². The van der Waals surface area contributed by atoms with E-state index in [0.717, 1.165) is 0 Å². The molecule has 0 saturated heterocycles. The van der Waals surface area contributed by atoms with Gasteiger partial charge in [-0.15, -0.1) is 11.3 Å². The summed E-state index contributed by atoms with van der Waals surface area (Å²) in [5, 5.41) is 6.24. The Bertz CT molecular complexity index is 960. The van der Waals surface area contributed by atoms with E-state index in [9.17, 15) is 9.18 Å². The quantitative estimate of drug-likeness (QED) is 0.340. The summed E-state index contributed by atoms with van der Waals surface area (Å²) in [6, 6.07) is 13.8. The molecule has 0 radical (unpaired) electrons. The highest BCUT2D eigenvalue weighted by Crippen LogP contribution is 2.25. The van der Waals surface area contributed by atoms with E-state index in [1.165, 1.54) is 17.6 Å². The SMILES string of the molecule is CCOC(=O)Cc1csc(NN=Cc2cccc(Oc3ccccc3)c2F)n1. The van der Waals surface area contributed by atoms with Gasteiger partial charge in [0, 0.05) is 10.9 Å². The Morgan fingerprint density at radius 1 is 1.25 bits per heavy atom. The van der Waals surface area contributed by atoms with E-state index in [1.807, 2.05) is 18.2 Å². The second-order valence-electron chi connectivity index (χ2n) is 5.57. The van der Waals surface area contributed by atoms with Crippen LogP contribution in [0.15, 0.2) is 59.0 Å². The van der Waals surface area contributed by atoms with Crippen LogP contribution in [-0.2, 0) is 16.0 Å². The summed E-state index contributed by atoms with van der Waals surface area (Å²) >= 11 is 1.29. The number of para-hydroxylation sites is 1. The standard InChI is InChI=1S/C20H18FN3O3S/c1-2-26-18(25)11-15-13-28-20(23-15)24-22-12-14-7-6-10-17(19(14)21)27-16-8-4-3-5-9-16/h3-10,12-13H,2,11H2,1H3,(H,23,24). The minimum Gasteiger partial charge on any atom is -0.466 e. The number of halogens is 1. The van der Waals surface area contributed by atoms with Gasteiger partial charge >= 0.3 is 5.97 Å². The predicted octanol–water partition coefficient (Wildman–Crippen LogP) is 4.63. The number of aromatic nitrogens is 1. The number of ether oxygens (including phenoxy) is 2. The van der Waals surface area contributed by atoms with Crippen molar-refractivity contribution in [3.8, 4) is 11.5 Å². The molecule has 144 valence electrons. The van der Waals surface area contributed by atoms with Gasteiger partial charge in [0.1, 0.15) is 5.75 Å². The van der Waals surface area contributed by atoms with E-state index in [2.05, 4.69) is 15.5 Å². The Labute approximate surface area is 165 Å². The molecule has 0 aliphatic rings. The Hall–Kier alpha value is -3.26. The van der Waals surface area contributed by atoms with Crippen LogP contribution in [0.1, 0.15) is 18.2 Å². The molecule has 28 heavy (non-hydrogen) atoms. The molecule has 8 heteroatoms. The predicted molar refractivity (Wildman–Crippen MR) is 107 cm³/mol. The summed E-state index contributed by atoms with van der Waals surface area (Å²) in [6.45, 7) is 2.08. The number of hydrogen-bond acceptors (Lipinski definition) is 7. The summed E-state index contributed by atoms with van der Waals surface area (Å²) in [4.78, 5) is 15.7. The van der Waals surface area contributed by atoms with Crippen molar-refractivity contribution in [2.24, 2.45) is 5.10 Å². The molecule has 1 heterocycles. The summed E-state index contributed by atoms with van der Waals surface area (Å²) < 4.78 is 25.0. The topological polar surface area (TPSA) is 72.8 Å². The summed E-state index contributed by atoms with van der Waals surface area (Å²) in [5.74, 6) is -0.189. The molecule has 0 aliphatic carbocycles. The third-order valence-corrected chi connectivity index (χ3v) is 4.31. The average Bonchev–Trinajstić information content (AvgIpc) is 3.13. The zero-order valence-electron chi connectivity index (χ0n) is 15.1. The van der Waals surface area contributed by atoms with E-state index < -0.39 is 5.82 Å². The van der Waals surface area contributed by atoms with E-state index in [-0.39, 0.29) is 23.7 Å². The van der Waals surface area contributed by atoms with Crippen LogP contribution in [0.2, 0.25) is 0 Å². The molecule has 3 rings (SSSR count). The number of anilines is 1. The fourth-order valence-electron chi connectivity index (χ4n) is 2.28. The molecule has 2 aromatic carbocycles. The van der Waals surface area contributed by atoms with Crippen LogP contribution in [0.25, 0.3) is 0 Å². The van der Waals surface area contributed by atoms with Gasteiger partial charge in [-0.25, -0.2) is 9.37 Å². The number of nitrogens with one attached hydrogen (secondary N) is 1. The molecule has 1 N–H and O–H groups in total. The highest BCUT2D eigenvalue weighted by atomic mass is 32.1. The van der Waals surface area contributed by atoms with Crippen LogP contribution in [0, 0.1) is 5.82 Å². The van der Waals surface area contributed by atoms with Crippen LogP contribution in [-0.4, -0.2) is 23.8 Å². The van der Waals surface area contributed by atoms with Gasteiger partial charge in [0.25, 0.3) is 0 Å². The van der Waals surface area contributed by atoms with Gasteiger partial charge in [-0.05, 0) is 25.1 Å². The first-order valence-corrected chi connectivity index (χ1v) is 9.44. The molecule has 0 unspecified atom stereocenters. The number of nitrogens with zero attached hydrogens (tertiary/aromatic N) is 2. The van der Waals surface area contributed by atoms with Gasteiger partial charge in [0.05, 0.1) is 24.9 Å². The van der Waals surface area contributed by atoms with Crippen LogP contribution in [0.4, 0.5) is 9.52 Å². The summed E-state index contributed by atoms with van der Waals surface area (Å²) in [6.07, 6.45) is 1.45. The zero-order chi connectivity index (χ0) is 19.8. The maximum atomic E-state index is 14.6. The number of carbonyl (C=O) groups is 1. The highest BCUT2D eigenvalue weighted by Gasteiger charge is 2.10. The number of esters is 1. The van der Waals surface area contributed by atoms with E-state index in [4.69, 9.17) is 9.47 Å². The molecule has 0 spiro atoms.